The molecule has 120 valence electrons. The first-order valence-corrected chi connectivity index (χ1v) is 8.16. The van der Waals surface area contributed by atoms with Gasteiger partial charge in [-0.25, -0.2) is 0 Å². The largest absolute Gasteiger partial charge is 0.192 e. The molecular formula is C23H18N2. The number of aryl methyl sites for hydroxylation is 3. The molecule has 2 nitrogen and oxygen atoms in total. The predicted molar refractivity (Wildman–Crippen MR) is 101 cm³/mol. The lowest BCUT2D eigenvalue weighted by Gasteiger charge is -2.12. The lowest BCUT2D eigenvalue weighted by molar-refractivity contribution is 1.34. The summed E-state index contributed by atoms with van der Waals surface area (Å²) in [4.78, 5) is 0. The van der Waals surface area contributed by atoms with E-state index in [4.69, 9.17) is 0 Å². The molecule has 0 radical (unpaired) electrons. The van der Waals surface area contributed by atoms with Gasteiger partial charge >= 0.3 is 0 Å². The van der Waals surface area contributed by atoms with Gasteiger partial charge in [0, 0.05) is 0 Å². The van der Waals surface area contributed by atoms with Gasteiger partial charge in [0.25, 0.3) is 0 Å². The Morgan fingerprint density at radius 3 is 1.68 bits per heavy atom. The number of hydrogen-bond donors (Lipinski definition) is 0. The molecule has 2 heteroatoms. The van der Waals surface area contributed by atoms with E-state index in [-0.39, 0.29) is 0 Å². The maximum absolute atomic E-state index is 9.23. The van der Waals surface area contributed by atoms with E-state index < -0.39 is 0 Å². The zero-order valence-corrected chi connectivity index (χ0v) is 14.6. The number of rotatable bonds is 2. The van der Waals surface area contributed by atoms with Gasteiger partial charge in [0.15, 0.2) is 0 Å². The average molecular weight is 322 g/mol. The molecule has 0 aromatic heterocycles. The number of hydrogen-bond acceptors (Lipinski definition) is 2. The van der Waals surface area contributed by atoms with Crippen molar-refractivity contribution in [2.24, 2.45) is 0 Å². The van der Waals surface area contributed by atoms with Crippen LogP contribution in [-0.2, 0) is 0 Å². The molecule has 3 aromatic carbocycles. The molecule has 0 aliphatic carbocycles. The van der Waals surface area contributed by atoms with Crippen LogP contribution in [0, 0.1) is 43.4 Å². The van der Waals surface area contributed by atoms with Crippen molar-refractivity contribution in [1.29, 1.82) is 10.5 Å². The van der Waals surface area contributed by atoms with Crippen molar-refractivity contribution >= 4 is 0 Å². The van der Waals surface area contributed by atoms with E-state index in [1.165, 1.54) is 16.7 Å². The molecule has 0 unspecified atom stereocenters. The monoisotopic (exact) mass is 322 g/mol. The zero-order chi connectivity index (χ0) is 18.0. The predicted octanol–water partition coefficient (Wildman–Crippen LogP) is 5.69. The molecule has 0 spiro atoms. The fourth-order valence-electron chi connectivity index (χ4n) is 2.95. The second-order valence-electron chi connectivity index (χ2n) is 6.35. The van der Waals surface area contributed by atoms with Crippen LogP contribution in [0.4, 0.5) is 0 Å². The van der Waals surface area contributed by atoms with Gasteiger partial charge in [-0.05, 0) is 84.0 Å². The molecule has 0 saturated heterocycles. The SMILES string of the molecule is Cc1ccc(-c2ccc(C)c(-c3cc(C#N)cc(C#N)c3)c2)cc1C. The maximum atomic E-state index is 9.23. The Labute approximate surface area is 148 Å². The summed E-state index contributed by atoms with van der Waals surface area (Å²) in [7, 11) is 0. The molecule has 0 saturated carbocycles. The lowest BCUT2D eigenvalue weighted by Crippen LogP contribution is -1.90. The van der Waals surface area contributed by atoms with Crippen LogP contribution in [0.25, 0.3) is 22.3 Å². The Morgan fingerprint density at radius 2 is 1.12 bits per heavy atom. The topological polar surface area (TPSA) is 47.6 Å². The number of benzene rings is 3. The van der Waals surface area contributed by atoms with Crippen LogP contribution < -0.4 is 0 Å². The van der Waals surface area contributed by atoms with E-state index in [0.717, 1.165) is 22.3 Å². The molecule has 0 heterocycles. The summed E-state index contributed by atoms with van der Waals surface area (Å²) < 4.78 is 0. The van der Waals surface area contributed by atoms with E-state index >= 15 is 0 Å². The third kappa shape index (κ3) is 3.30. The molecule has 0 atom stereocenters. The highest BCUT2D eigenvalue weighted by atomic mass is 14.3. The van der Waals surface area contributed by atoms with Crippen LogP contribution >= 0.6 is 0 Å². The molecule has 0 amide bonds. The van der Waals surface area contributed by atoms with Crippen LogP contribution in [0.15, 0.2) is 54.6 Å². The Bertz CT molecular complexity index is 1010. The van der Waals surface area contributed by atoms with Crippen LogP contribution in [0.3, 0.4) is 0 Å². The van der Waals surface area contributed by atoms with Crippen LogP contribution in [0.5, 0.6) is 0 Å². The average Bonchev–Trinajstić information content (AvgIpc) is 2.64. The van der Waals surface area contributed by atoms with Crippen molar-refractivity contribution in [2.75, 3.05) is 0 Å². The summed E-state index contributed by atoms with van der Waals surface area (Å²) in [6.07, 6.45) is 0. The summed E-state index contributed by atoms with van der Waals surface area (Å²) in [6, 6.07) is 22.4. The molecular weight excluding hydrogens is 304 g/mol. The number of nitriles is 2. The zero-order valence-electron chi connectivity index (χ0n) is 14.6. The molecule has 0 fully saturated rings. The molecule has 3 rings (SSSR count). The second-order valence-corrected chi connectivity index (χ2v) is 6.35. The fraction of sp³-hybridized carbons (Fsp3) is 0.130. The second kappa shape index (κ2) is 6.63. The highest BCUT2D eigenvalue weighted by Crippen LogP contribution is 2.31. The van der Waals surface area contributed by atoms with Crippen molar-refractivity contribution in [3.63, 3.8) is 0 Å². The molecule has 0 aliphatic rings. The van der Waals surface area contributed by atoms with Gasteiger partial charge in [-0.2, -0.15) is 10.5 Å². The van der Waals surface area contributed by atoms with Crippen molar-refractivity contribution in [3.8, 4) is 34.4 Å². The Kier molecular flexibility index (Phi) is 4.38. The van der Waals surface area contributed by atoms with Crippen LogP contribution in [0.2, 0.25) is 0 Å². The van der Waals surface area contributed by atoms with E-state index in [2.05, 4.69) is 62.4 Å². The maximum Gasteiger partial charge on any atom is 0.0992 e. The highest BCUT2D eigenvalue weighted by Gasteiger charge is 2.09. The third-order valence-corrected chi connectivity index (χ3v) is 4.58. The minimum Gasteiger partial charge on any atom is -0.192 e. The van der Waals surface area contributed by atoms with Gasteiger partial charge in [0.05, 0.1) is 23.3 Å². The quantitative estimate of drug-likeness (QED) is 0.608. The summed E-state index contributed by atoms with van der Waals surface area (Å²) in [6.45, 7) is 6.27. The van der Waals surface area contributed by atoms with Gasteiger partial charge in [0.2, 0.25) is 0 Å². The Morgan fingerprint density at radius 1 is 0.560 bits per heavy atom. The number of nitrogens with zero attached hydrogens (tertiary/aromatic N) is 2. The van der Waals surface area contributed by atoms with Crippen molar-refractivity contribution < 1.29 is 0 Å². The fourth-order valence-corrected chi connectivity index (χ4v) is 2.95. The molecule has 3 aromatic rings. The van der Waals surface area contributed by atoms with Gasteiger partial charge in [-0.3, -0.25) is 0 Å². The van der Waals surface area contributed by atoms with E-state index in [0.29, 0.717) is 11.1 Å². The smallest absolute Gasteiger partial charge is 0.0992 e. The van der Waals surface area contributed by atoms with E-state index in [1.54, 1.807) is 6.07 Å². The van der Waals surface area contributed by atoms with Gasteiger partial charge in [0.1, 0.15) is 0 Å². The first-order chi connectivity index (χ1) is 12.0. The Hall–Kier alpha value is -3.36. The minimum atomic E-state index is 0.505. The first kappa shape index (κ1) is 16.5. The normalized spacial score (nSPS) is 10.1. The summed E-state index contributed by atoms with van der Waals surface area (Å²) in [5.41, 5.74) is 8.91. The molecule has 0 N–H and O–H groups in total. The van der Waals surface area contributed by atoms with E-state index in [9.17, 15) is 10.5 Å². The van der Waals surface area contributed by atoms with E-state index in [1.807, 2.05) is 19.1 Å². The minimum absolute atomic E-state index is 0.505. The summed E-state index contributed by atoms with van der Waals surface area (Å²) >= 11 is 0. The van der Waals surface area contributed by atoms with Gasteiger partial charge in [-0.1, -0.05) is 30.3 Å². The van der Waals surface area contributed by atoms with Gasteiger partial charge in [-0.15, -0.1) is 0 Å². The van der Waals surface area contributed by atoms with Crippen molar-refractivity contribution in [3.05, 3.63) is 82.4 Å². The standard InChI is InChI=1S/C23H18N2/c1-15-4-6-20(8-17(15)3)21-7-5-16(2)23(12-21)22-10-18(13-24)9-19(11-22)14-25/h4-12H,1-3H3. The van der Waals surface area contributed by atoms with Crippen molar-refractivity contribution in [2.45, 2.75) is 20.8 Å². The highest BCUT2D eigenvalue weighted by molar-refractivity contribution is 5.77. The lowest BCUT2D eigenvalue weighted by atomic mass is 9.92. The third-order valence-electron chi connectivity index (χ3n) is 4.58. The van der Waals surface area contributed by atoms with Gasteiger partial charge < -0.3 is 0 Å². The van der Waals surface area contributed by atoms with Crippen LogP contribution in [0.1, 0.15) is 27.8 Å². The molecule has 0 aliphatic heterocycles. The van der Waals surface area contributed by atoms with Crippen molar-refractivity contribution in [1.82, 2.24) is 0 Å². The molecule has 0 bridgehead atoms. The Balaban J connectivity index is 2.17. The van der Waals surface area contributed by atoms with Crippen LogP contribution in [-0.4, -0.2) is 0 Å². The summed E-state index contributed by atoms with van der Waals surface area (Å²) in [5, 5.41) is 18.5. The first-order valence-electron chi connectivity index (χ1n) is 8.16. The molecule has 25 heavy (non-hydrogen) atoms. The summed E-state index contributed by atoms with van der Waals surface area (Å²) in [5.74, 6) is 0.